The Balaban J connectivity index is 0.000000424. The maximum Gasteiger partial charge on any atom is 0.432 e. The van der Waals surface area contributed by atoms with Gasteiger partial charge in [-0.25, -0.2) is 10.2 Å². The highest BCUT2D eigenvalue weighted by molar-refractivity contribution is 7.78. The summed E-state index contributed by atoms with van der Waals surface area (Å²) in [5, 5.41) is 5.40. The first-order chi connectivity index (χ1) is 5.93. The second-order valence-electron chi connectivity index (χ2n) is 1.84. The number of nitrogens with zero attached hydrogens (tertiary/aromatic N) is 1. The summed E-state index contributed by atoms with van der Waals surface area (Å²) in [4.78, 5) is 8.35. The van der Waals surface area contributed by atoms with Gasteiger partial charge in [0, 0.05) is 6.20 Å². The molecule has 0 aliphatic carbocycles. The van der Waals surface area contributed by atoms with Crippen LogP contribution in [-0.4, -0.2) is 10.1 Å². The van der Waals surface area contributed by atoms with Gasteiger partial charge in [0.2, 0.25) is 6.08 Å². The Morgan fingerprint density at radius 3 is 2.15 bits per heavy atom. The van der Waals surface area contributed by atoms with E-state index in [2.05, 4.69) is 12.8 Å². The number of hydrogen-bond donors (Lipinski definition) is 2. The van der Waals surface area contributed by atoms with E-state index in [1.165, 1.54) is 12.3 Å². The quantitative estimate of drug-likeness (QED) is 0.384. The summed E-state index contributed by atoms with van der Waals surface area (Å²) in [6.45, 7) is 0. The van der Waals surface area contributed by atoms with Crippen molar-refractivity contribution in [3.63, 3.8) is 0 Å². The lowest BCUT2D eigenvalue weighted by Gasteiger charge is -2.05. The number of isocyanates is 1. The summed E-state index contributed by atoms with van der Waals surface area (Å²) in [5.74, 6) is 0. The van der Waals surface area contributed by atoms with E-state index in [4.69, 9.17) is 10.2 Å². The van der Waals surface area contributed by atoms with Crippen molar-refractivity contribution < 1.29 is 18.0 Å². The summed E-state index contributed by atoms with van der Waals surface area (Å²) in [7, 11) is 0. The van der Waals surface area contributed by atoms with Crippen molar-refractivity contribution in [3.8, 4) is 0 Å². The normalized spacial score (nSPS) is 9.85. The molecule has 7 heteroatoms. The summed E-state index contributed by atoms with van der Waals surface area (Å²) in [5.41, 5.74) is -0.754. The summed E-state index contributed by atoms with van der Waals surface area (Å²) in [6, 6.07) is 2.25. The lowest BCUT2D eigenvalue weighted by Crippen LogP contribution is -2.07. The van der Waals surface area contributed by atoms with E-state index in [1.54, 1.807) is 0 Å². The first-order valence-corrected chi connectivity index (χ1v) is 3.31. The molecule has 13 heavy (non-hydrogen) atoms. The van der Waals surface area contributed by atoms with Crippen LogP contribution in [0.5, 0.6) is 0 Å². The average molecular weight is 210 g/mol. The number of halogens is 3. The number of thiol groups is 1. The van der Waals surface area contributed by atoms with Crippen molar-refractivity contribution in [1.82, 2.24) is 3.97 Å². The zero-order valence-corrected chi connectivity index (χ0v) is 7.06. The number of aromatic nitrogens is 1. The van der Waals surface area contributed by atoms with Gasteiger partial charge in [0.05, 0.1) is 0 Å². The molecule has 1 aromatic rings. The molecule has 0 spiro atoms. The molecule has 0 aliphatic heterocycles. The molecule has 1 rings (SSSR count). The van der Waals surface area contributed by atoms with Gasteiger partial charge in [-0.2, -0.15) is 13.2 Å². The van der Waals surface area contributed by atoms with Gasteiger partial charge in [-0.1, -0.05) is 12.8 Å². The Hall–Kier alpha value is -1.20. The van der Waals surface area contributed by atoms with Crippen LogP contribution in [0.3, 0.4) is 0 Å². The third kappa shape index (κ3) is 3.82. The Labute approximate surface area is 77.2 Å². The molecule has 3 nitrogen and oxygen atoms in total. The van der Waals surface area contributed by atoms with Gasteiger partial charge in [-0.15, -0.1) is 0 Å². The van der Waals surface area contributed by atoms with Crippen LogP contribution in [0, 0.1) is 5.41 Å². The molecule has 0 radical (unpaired) electrons. The Kier molecular flexibility index (Phi) is 4.30. The Bertz CT molecular complexity index is 301. The number of hydrogen-bond acceptors (Lipinski definition) is 3. The van der Waals surface area contributed by atoms with Crippen molar-refractivity contribution in [2.45, 2.75) is 6.18 Å². The first-order valence-electron chi connectivity index (χ1n) is 2.91. The van der Waals surface area contributed by atoms with Gasteiger partial charge >= 0.3 is 6.18 Å². The van der Waals surface area contributed by atoms with Crippen LogP contribution in [-0.2, 0) is 11.0 Å². The van der Waals surface area contributed by atoms with E-state index in [-0.39, 0.29) is 0 Å². The monoisotopic (exact) mass is 210 g/mol. The largest absolute Gasteiger partial charge is 0.432 e. The van der Waals surface area contributed by atoms with Gasteiger partial charge in [0.25, 0.3) is 0 Å². The SMILES string of the molecule is FC(F)(F)c1cccn1S.N=C=O. The fraction of sp³-hybridized carbons (Fsp3) is 0.167. The molecule has 0 saturated carbocycles. The molecule has 0 bridgehead atoms. The molecular weight excluding hydrogens is 205 g/mol. The van der Waals surface area contributed by atoms with Crippen LogP contribution < -0.4 is 0 Å². The molecule has 1 N–H and O–H groups in total. The standard InChI is InChI=1S/C5H4F3NS.CHNO/c6-5(7,8)4-2-1-3-9(4)10;2-1-3/h1-3,10H;2H. The van der Waals surface area contributed by atoms with Crippen LogP contribution >= 0.6 is 12.8 Å². The molecule has 0 unspecified atom stereocenters. The van der Waals surface area contributed by atoms with Crippen LogP contribution in [0.25, 0.3) is 0 Å². The number of carbonyl (C=O) groups excluding carboxylic acids is 1. The maximum absolute atomic E-state index is 11.8. The minimum Gasteiger partial charge on any atom is -0.290 e. The minimum atomic E-state index is -4.30. The lowest BCUT2D eigenvalue weighted by molar-refractivity contribution is -0.141. The summed E-state index contributed by atoms with van der Waals surface area (Å²) >= 11 is 3.54. The van der Waals surface area contributed by atoms with E-state index in [0.717, 1.165) is 16.1 Å². The molecule has 0 fully saturated rings. The lowest BCUT2D eigenvalue weighted by atomic mass is 10.4. The fourth-order valence-electron chi connectivity index (χ4n) is 0.597. The predicted molar refractivity (Wildman–Crippen MR) is 42.2 cm³/mol. The van der Waals surface area contributed by atoms with Crippen LogP contribution in [0.15, 0.2) is 18.3 Å². The molecule has 0 amide bonds. The van der Waals surface area contributed by atoms with E-state index < -0.39 is 11.9 Å². The first kappa shape index (κ1) is 11.8. The zero-order chi connectivity index (χ0) is 10.5. The molecule has 72 valence electrons. The average Bonchev–Trinajstić information content (AvgIpc) is 2.35. The third-order valence-corrected chi connectivity index (χ3v) is 1.37. The Morgan fingerprint density at radius 1 is 1.54 bits per heavy atom. The molecule has 1 aromatic heterocycles. The molecule has 0 aliphatic rings. The Morgan fingerprint density at radius 2 is 2.00 bits per heavy atom. The van der Waals surface area contributed by atoms with Gasteiger partial charge in [0.1, 0.15) is 5.69 Å². The van der Waals surface area contributed by atoms with Crippen LogP contribution in [0.2, 0.25) is 0 Å². The maximum atomic E-state index is 11.8. The van der Waals surface area contributed by atoms with Crippen LogP contribution in [0.1, 0.15) is 5.69 Å². The number of nitrogens with one attached hydrogen (secondary N) is 1. The van der Waals surface area contributed by atoms with Gasteiger partial charge in [0.15, 0.2) is 0 Å². The van der Waals surface area contributed by atoms with E-state index in [9.17, 15) is 13.2 Å². The molecule has 0 aromatic carbocycles. The highest BCUT2D eigenvalue weighted by atomic mass is 32.1. The number of rotatable bonds is 0. The molecule has 0 saturated heterocycles. The van der Waals surface area contributed by atoms with Crippen molar-refractivity contribution in [1.29, 1.82) is 5.41 Å². The highest BCUT2D eigenvalue weighted by Crippen LogP contribution is 2.29. The van der Waals surface area contributed by atoms with Crippen molar-refractivity contribution in [2.24, 2.45) is 0 Å². The zero-order valence-electron chi connectivity index (χ0n) is 6.17. The molecule has 1 heterocycles. The predicted octanol–water partition coefficient (Wildman–Crippen LogP) is 2.10. The van der Waals surface area contributed by atoms with Crippen LogP contribution in [0.4, 0.5) is 13.2 Å². The van der Waals surface area contributed by atoms with Gasteiger partial charge in [-0.05, 0) is 12.1 Å². The van der Waals surface area contributed by atoms with E-state index in [0.29, 0.717) is 0 Å². The third-order valence-electron chi connectivity index (χ3n) is 1.02. The van der Waals surface area contributed by atoms with Crippen molar-refractivity contribution >= 4 is 18.9 Å². The highest BCUT2D eigenvalue weighted by Gasteiger charge is 2.33. The summed E-state index contributed by atoms with van der Waals surface area (Å²) in [6.07, 6.45) is -2.32. The fourth-order valence-corrected chi connectivity index (χ4v) is 0.854. The second-order valence-corrected chi connectivity index (χ2v) is 2.27. The smallest absolute Gasteiger partial charge is 0.290 e. The summed E-state index contributed by atoms with van der Waals surface area (Å²) < 4.78 is 36.2. The van der Waals surface area contributed by atoms with Gasteiger partial charge in [-0.3, -0.25) is 3.97 Å². The molecular formula is C6H5F3N2OS. The molecule has 0 atom stereocenters. The van der Waals surface area contributed by atoms with Gasteiger partial charge < -0.3 is 0 Å². The van der Waals surface area contributed by atoms with Crippen molar-refractivity contribution in [3.05, 3.63) is 24.0 Å². The topological polar surface area (TPSA) is 45.9 Å². The second kappa shape index (κ2) is 4.74. The number of alkyl halides is 3. The minimum absolute atomic E-state index is 0.736. The van der Waals surface area contributed by atoms with E-state index >= 15 is 0 Å². The van der Waals surface area contributed by atoms with Crippen molar-refractivity contribution in [2.75, 3.05) is 0 Å². The van der Waals surface area contributed by atoms with E-state index in [1.807, 2.05) is 0 Å².